The molecular weight excluding hydrogens is 292 g/mol. The normalized spacial score (nSPS) is 13.2. The second kappa shape index (κ2) is 5.85. The van der Waals surface area contributed by atoms with E-state index in [-0.39, 0.29) is 24.5 Å². The monoisotopic (exact) mass is 306 g/mol. The van der Waals surface area contributed by atoms with Crippen LogP contribution in [0.2, 0.25) is 0 Å². The first-order chi connectivity index (χ1) is 9.72. The number of aryl methyl sites for hydroxylation is 2. The van der Waals surface area contributed by atoms with Gasteiger partial charge >= 0.3 is 0 Å². The minimum absolute atomic E-state index is 0.0248. The quantitative estimate of drug-likeness (QED) is 0.862. The van der Waals surface area contributed by atoms with Crippen molar-refractivity contribution in [2.75, 3.05) is 5.32 Å². The Kier molecular flexibility index (Phi) is 3.93. The number of thiazole rings is 1. The Hall–Kier alpha value is -1.53. The molecule has 0 radical (unpaired) electrons. The maximum absolute atomic E-state index is 11.8. The van der Waals surface area contributed by atoms with Crippen LogP contribution in [0.1, 0.15) is 39.5 Å². The standard InChI is InChI=1S/C14H14N2O2S2/c17-10(12-5-2-8-19-12)6-7-13(18)16-14-15-9-3-1-4-11(9)20-14/h2,5,8H,1,3-4,6-7H2,(H,15,16,18). The number of amides is 1. The van der Waals surface area contributed by atoms with Gasteiger partial charge in [-0.1, -0.05) is 6.07 Å². The van der Waals surface area contributed by atoms with Crippen LogP contribution >= 0.6 is 22.7 Å². The Morgan fingerprint density at radius 3 is 2.95 bits per heavy atom. The number of ketones is 1. The average molecular weight is 306 g/mol. The highest BCUT2D eigenvalue weighted by atomic mass is 32.1. The minimum Gasteiger partial charge on any atom is -0.302 e. The number of rotatable bonds is 5. The van der Waals surface area contributed by atoms with E-state index in [1.807, 2.05) is 11.4 Å². The lowest BCUT2D eigenvalue weighted by atomic mass is 10.2. The maximum Gasteiger partial charge on any atom is 0.226 e. The number of thiophene rings is 1. The molecule has 1 aliphatic carbocycles. The highest BCUT2D eigenvalue weighted by Crippen LogP contribution is 2.30. The van der Waals surface area contributed by atoms with Gasteiger partial charge in [0.1, 0.15) is 0 Å². The van der Waals surface area contributed by atoms with Crippen molar-refractivity contribution in [3.05, 3.63) is 33.0 Å². The molecular formula is C14H14N2O2S2. The number of nitrogens with one attached hydrogen (secondary N) is 1. The molecule has 0 aromatic carbocycles. The summed E-state index contributed by atoms with van der Waals surface area (Å²) in [6.45, 7) is 0. The molecule has 1 amide bonds. The van der Waals surface area contributed by atoms with E-state index in [1.165, 1.54) is 16.2 Å². The van der Waals surface area contributed by atoms with Crippen LogP contribution in [-0.2, 0) is 17.6 Å². The molecule has 0 unspecified atom stereocenters. The SMILES string of the molecule is O=C(CCC(=O)c1cccs1)Nc1nc2c(s1)CCC2. The number of Topliss-reactive ketones (excluding diaryl/α,β-unsaturated/α-hetero) is 1. The zero-order valence-electron chi connectivity index (χ0n) is 10.8. The summed E-state index contributed by atoms with van der Waals surface area (Å²) in [6.07, 6.45) is 3.70. The Labute approximate surface area is 124 Å². The summed E-state index contributed by atoms with van der Waals surface area (Å²) in [5.41, 5.74) is 1.12. The van der Waals surface area contributed by atoms with Crippen molar-refractivity contribution in [1.82, 2.24) is 4.98 Å². The topological polar surface area (TPSA) is 59.1 Å². The number of hydrogen-bond donors (Lipinski definition) is 1. The summed E-state index contributed by atoms with van der Waals surface area (Å²) in [5, 5.41) is 5.33. The van der Waals surface area contributed by atoms with Gasteiger partial charge in [0.15, 0.2) is 10.9 Å². The number of anilines is 1. The molecule has 2 aromatic heterocycles. The molecule has 6 heteroatoms. The molecule has 0 saturated heterocycles. The number of carbonyl (C=O) groups excluding carboxylic acids is 2. The van der Waals surface area contributed by atoms with Gasteiger partial charge in [-0.15, -0.1) is 22.7 Å². The number of aromatic nitrogens is 1. The van der Waals surface area contributed by atoms with Gasteiger partial charge in [-0.3, -0.25) is 9.59 Å². The number of hydrogen-bond acceptors (Lipinski definition) is 5. The van der Waals surface area contributed by atoms with Crippen molar-refractivity contribution in [3.63, 3.8) is 0 Å². The highest BCUT2D eigenvalue weighted by molar-refractivity contribution is 7.16. The van der Waals surface area contributed by atoms with E-state index in [4.69, 9.17) is 0 Å². The van der Waals surface area contributed by atoms with Crippen molar-refractivity contribution in [2.24, 2.45) is 0 Å². The first-order valence-electron chi connectivity index (χ1n) is 6.57. The van der Waals surface area contributed by atoms with E-state index >= 15 is 0 Å². The van der Waals surface area contributed by atoms with Crippen LogP contribution in [-0.4, -0.2) is 16.7 Å². The molecule has 0 saturated carbocycles. The summed E-state index contributed by atoms with van der Waals surface area (Å²) >= 11 is 2.97. The molecule has 0 fully saturated rings. The van der Waals surface area contributed by atoms with Crippen molar-refractivity contribution in [3.8, 4) is 0 Å². The van der Waals surface area contributed by atoms with Gasteiger partial charge < -0.3 is 5.32 Å². The predicted molar refractivity (Wildman–Crippen MR) is 80.7 cm³/mol. The van der Waals surface area contributed by atoms with E-state index in [1.54, 1.807) is 17.4 Å². The van der Waals surface area contributed by atoms with Crippen LogP contribution in [0.4, 0.5) is 5.13 Å². The number of fused-ring (bicyclic) bond motifs is 1. The Balaban J connectivity index is 1.51. The molecule has 20 heavy (non-hydrogen) atoms. The lowest BCUT2D eigenvalue weighted by Gasteiger charge is -2.01. The van der Waals surface area contributed by atoms with Crippen molar-refractivity contribution >= 4 is 39.5 Å². The maximum atomic E-state index is 11.8. The average Bonchev–Trinajstić information content (AvgIpc) is 3.11. The first kappa shape index (κ1) is 13.5. The minimum atomic E-state index is -0.137. The number of nitrogens with zero attached hydrogens (tertiary/aromatic N) is 1. The van der Waals surface area contributed by atoms with E-state index in [9.17, 15) is 9.59 Å². The molecule has 0 spiro atoms. The molecule has 2 heterocycles. The first-order valence-corrected chi connectivity index (χ1v) is 8.27. The fourth-order valence-electron chi connectivity index (χ4n) is 2.21. The smallest absolute Gasteiger partial charge is 0.226 e. The van der Waals surface area contributed by atoms with Gasteiger partial charge in [-0.05, 0) is 30.7 Å². The summed E-state index contributed by atoms with van der Waals surface area (Å²) in [6, 6.07) is 3.63. The van der Waals surface area contributed by atoms with Gasteiger partial charge in [-0.2, -0.15) is 0 Å². The third kappa shape index (κ3) is 2.96. The molecule has 0 atom stereocenters. The van der Waals surface area contributed by atoms with Crippen molar-refractivity contribution in [1.29, 1.82) is 0 Å². The van der Waals surface area contributed by atoms with E-state index in [0.29, 0.717) is 10.0 Å². The van der Waals surface area contributed by atoms with Gasteiger partial charge in [0.05, 0.1) is 10.6 Å². The number of carbonyl (C=O) groups is 2. The molecule has 4 nitrogen and oxygen atoms in total. The second-order valence-corrected chi connectivity index (χ2v) is 6.72. The van der Waals surface area contributed by atoms with Gasteiger partial charge in [0.25, 0.3) is 0 Å². The van der Waals surface area contributed by atoms with Crippen LogP contribution < -0.4 is 5.32 Å². The molecule has 1 N–H and O–H groups in total. The summed E-state index contributed by atoms with van der Waals surface area (Å²) in [4.78, 5) is 30.0. The zero-order chi connectivity index (χ0) is 13.9. The zero-order valence-corrected chi connectivity index (χ0v) is 12.5. The lowest BCUT2D eigenvalue weighted by molar-refractivity contribution is -0.116. The van der Waals surface area contributed by atoms with Gasteiger partial charge in [0, 0.05) is 17.7 Å². The molecule has 0 aliphatic heterocycles. The van der Waals surface area contributed by atoms with Crippen molar-refractivity contribution < 1.29 is 9.59 Å². The fourth-order valence-corrected chi connectivity index (χ4v) is 3.97. The van der Waals surface area contributed by atoms with Crippen LogP contribution in [0.3, 0.4) is 0 Å². The second-order valence-electron chi connectivity index (χ2n) is 4.69. The van der Waals surface area contributed by atoms with Gasteiger partial charge in [0.2, 0.25) is 5.91 Å². The Morgan fingerprint density at radius 1 is 1.30 bits per heavy atom. The van der Waals surface area contributed by atoms with Crippen molar-refractivity contribution in [2.45, 2.75) is 32.1 Å². The Bertz CT molecular complexity index is 610. The van der Waals surface area contributed by atoms with E-state index in [2.05, 4.69) is 10.3 Å². The van der Waals surface area contributed by atoms with Crippen LogP contribution in [0.15, 0.2) is 17.5 Å². The lowest BCUT2D eigenvalue weighted by Crippen LogP contribution is -2.13. The molecule has 104 valence electrons. The summed E-state index contributed by atoms with van der Waals surface area (Å²) < 4.78 is 0. The third-order valence-electron chi connectivity index (χ3n) is 3.22. The molecule has 3 rings (SSSR count). The fraction of sp³-hybridized carbons (Fsp3) is 0.357. The Morgan fingerprint density at radius 2 is 2.20 bits per heavy atom. The molecule has 2 aromatic rings. The van der Waals surface area contributed by atoms with Crippen LogP contribution in [0.5, 0.6) is 0 Å². The third-order valence-corrected chi connectivity index (χ3v) is 5.20. The summed E-state index contributed by atoms with van der Waals surface area (Å²) in [5.74, 6) is -0.112. The largest absolute Gasteiger partial charge is 0.302 e. The highest BCUT2D eigenvalue weighted by Gasteiger charge is 2.18. The van der Waals surface area contributed by atoms with Crippen LogP contribution in [0.25, 0.3) is 0 Å². The molecule has 0 bridgehead atoms. The van der Waals surface area contributed by atoms with E-state index in [0.717, 1.165) is 25.0 Å². The van der Waals surface area contributed by atoms with E-state index < -0.39 is 0 Å². The summed E-state index contributed by atoms with van der Waals surface area (Å²) in [7, 11) is 0. The van der Waals surface area contributed by atoms with Gasteiger partial charge in [-0.25, -0.2) is 4.98 Å². The predicted octanol–water partition coefficient (Wildman–Crippen LogP) is 3.29. The molecule has 1 aliphatic rings. The van der Waals surface area contributed by atoms with Crippen LogP contribution in [0, 0.1) is 0 Å².